The number of carbonyl (C=O) groups excluding carboxylic acids is 1. The van der Waals surface area contributed by atoms with E-state index in [0.717, 1.165) is 17.9 Å². The van der Waals surface area contributed by atoms with Crippen LogP contribution in [0.4, 0.5) is 4.79 Å². The van der Waals surface area contributed by atoms with Crippen molar-refractivity contribution in [1.82, 2.24) is 10.6 Å². The minimum atomic E-state index is -0.259. The van der Waals surface area contributed by atoms with E-state index in [1.165, 1.54) is 12.8 Å². The van der Waals surface area contributed by atoms with E-state index in [4.69, 9.17) is 9.15 Å². The summed E-state index contributed by atoms with van der Waals surface area (Å²) < 4.78 is 10.7. The van der Waals surface area contributed by atoms with Crippen molar-refractivity contribution in [1.29, 1.82) is 0 Å². The monoisotopic (exact) mass is 280 g/mol. The number of hydrogen-bond acceptors (Lipinski definition) is 3. The minimum Gasteiger partial charge on any atom is -0.464 e. The van der Waals surface area contributed by atoms with E-state index in [2.05, 4.69) is 17.6 Å². The van der Waals surface area contributed by atoms with Crippen molar-refractivity contribution >= 4 is 6.03 Å². The van der Waals surface area contributed by atoms with Gasteiger partial charge in [0.2, 0.25) is 0 Å². The van der Waals surface area contributed by atoms with Crippen molar-refractivity contribution in [3.8, 4) is 0 Å². The molecule has 3 atom stereocenters. The Bertz CT molecular complexity index is 444. The highest BCUT2D eigenvalue weighted by atomic mass is 16.5. The number of hydrogen-bond donors (Lipinski definition) is 2. The third kappa shape index (κ3) is 3.76. The maximum atomic E-state index is 12.1. The van der Waals surface area contributed by atoms with Gasteiger partial charge in [0, 0.05) is 13.2 Å². The number of urea groups is 1. The first-order chi connectivity index (χ1) is 9.60. The highest BCUT2D eigenvalue weighted by molar-refractivity contribution is 5.74. The van der Waals surface area contributed by atoms with Crippen molar-refractivity contribution in [2.45, 2.75) is 45.2 Å². The molecule has 0 radical (unpaired) electrons. The van der Waals surface area contributed by atoms with Gasteiger partial charge in [-0.3, -0.25) is 0 Å². The van der Waals surface area contributed by atoms with Gasteiger partial charge in [-0.2, -0.15) is 0 Å². The van der Waals surface area contributed by atoms with Gasteiger partial charge in [0.15, 0.2) is 0 Å². The number of amides is 2. The second-order valence-electron chi connectivity index (χ2n) is 5.59. The summed E-state index contributed by atoms with van der Waals surface area (Å²) in [7, 11) is 1.61. The molecule has 1 aliphatic carbocycles. The van der Waals surface area contributed by atoms with E-state index in [-0.39, 0.29) is 18.1 Å². The van der Waals surface area contributed by atoms with Gasteiger partial charge in [0.25, 0.3) is 0 Å². The highest BCUT2D eigenvalue weighted by Crippen LogP contribution is 2.24. The Morgan fingerprint density at radius 1 is 1.50 bits per heavy atom. The zero-order valence-corrected chi connectivity index (χ0v) is 12.4. The smallest absolute Gasteiger partial charge is 0.315 e. The zero-order valence-electron chi connectivity index (χ0n) is 12.4. The number of rotatable bonds is 5. The lowest BCUT2D eigenvalue weighted by molar-refractivity contribution is 0.155. The Morgan fingerprint density at radius 3 is 2.85 bits per heavy atom. The van der Waals surface area contributed by atoms with Crippen molar-refractivity contribution in [2.75, 3.05) is 13.7 Å². The molecule has 5 nitrogen and oxygen atoms in total. The predicted molar refractivity (Wildman–Crippen MR) is 76.5 cm³/mol. The molecule has 1 aromatic heterocycles. The molecule has 0 saturated heterocycles. The van der Waals surface area contributed by atoms with Gasteiger partial charge in [-0.25, -0.2) is 4.79 Å². The third-order valence-electron chi connectivity index (χ3n) is 3.92. The lowest BCUT2D eigenvalue weighted by atomic mass is 10.1. The molecule has 1 aliphatic rings. The molecule has 0 bridgehead atoms. The first-order valence-corrected chi connectivity index (χ1v) is 7.22. The Hall–Kier alpha value is -1.49. The second kappa shape index (κ2) is 6.79. The number of ether oxygens (including phenoxy) is 1. The van der Waals surface area contributed by atoms with Crippen molar-refractivity contribution in [3.05, 3.63) is 23.7 Å². The highest BCUT2D eigenvalue weighted by Gasteiger charge is 2.26. The average molecular weight is 280 g/mol. The number of furan rings is 1. The third-order valence-corrected chi connectivity index (χ3v) is 3.92. The Balaban J connectivity index is 1.92. The second-order valence-corrected chi connectivity index (χ2v) is 5.59. The minimum absolute atomic E-state index is 0.153. The van der Waals surface area contributed by atoms with E-state index < -0.39 is 0 Å². The van der Waals surface area contributed by atoms with E-state index in [1.807, 2.05) is 19.1 Å². The SMILES string of the molecule is COC[C@@H](NC(=O)N[C@H]1CCC[C@@H]1C)c1ccc(C)o1. The largest absolute Gasteiger partial charge is 0.464 e. The predicted octanol–water partition coefficient (Wildman–Crippen LogP) is 2.76. The summed E-state index contributed by atoms with van der Waals surface area (Å²) in [5.74, 6) is 2.10. The van der Waals surface area contributed by atoms with E-state index in [0.29, 0.717) is 12.5 Å². The average Bonchev–Trinajstić information content (AvgIpc) is 2.99. The number of aryl methyl sites for hydroxylation is 1. The van der Waals surface area contributed by atoms with Crippen molar-refractivity contribution < 1.29 is 13.9 Å². The summed E-state index contributed by atoms with van der Waals surface area (Å²) in [5, 5.41) is 5.97. The number of nitrogens with one attached hydrogen (secondary N) is 2. The summed E-state index contributed by atoms with van der Waals surface area (Å²) >= 11 is 0. The Kier molecular flexibility index (Phi) is 5.06. The maximum absolute atomic E-state index is 12.1. The number of methoxy groups -OCH3 is 1. The standard InChI is InChI=1S/C15H24N2O3/c1-10-5-4-6-12(10)16-15(18)17-13(9-19-3)14-8-7-11(2)20-14/h7-8,10,12-13H,4-6,9H2,1-3H3,(H2,16,17,18)/t10-,12-,13+/m0/s1. The lowest BCUT2D eigenvalue weighted by Gasteiger charge is -2.21. The molecule has 0 aliphatic heterocycles. The molecule has 1 aromatic rings. The van der Waals surface area contributed by atoms with Gasteiger partial charge in [0.05, 0.1) is 6.61 Å². The van der Waals surface area contributed by atoms with E-state index >= 15 is 0 Å². The van der Waals surface area contributed by atoms with Crippen molar-refractivity contribution in [2.24, 2.45) is 5.92 Å². The molecule has 2 N–H and O–H groups in total. The maximum Gasteiger partial charge on any atom is 0.315 e. The lowest BCUT2D eigenvalue weighted by Crippen LogP contribution is -2.45. The quantitative estimate of drug-likeness (QED) is 0.871. The normalized spacial score (nSPS) is 23.6. The van der Waals surface area contributed by atoms with E-state index in [9.17, 15) is 4.79 Å². The van der Waals surface area contributed by atoms with Crippen LogP contribution >= 0.6 is 0 Å². The molecule has 112 valence electrons. The van der Waals surface area contributed by atoms with Crippen molar-refractivity contribution in [3.63, 3.8) is 0 Å². The molecule has 2 rings (SSSR count). The van der Waals surface area contributed by atoms with Gasteiger partial charge in [-0.15, -0.1) is 0 Å². The molecule has 1 fully saturated rings. The molecule has 20 heavy (non-hydrogen) atoms. The van der Waals surface area contributed by atoms with Gasteiger partial charge < -0.3 is 19.8 Å². The van der Waals surface area contributed by atoms with Crippen LogP contribution < -0.4 is 10.6 Å². The van der Waals surface area contributed by atoms with Crippen LogP contribution in [0.2, 0.25) is 0 Å². The molecular formula is C15H24N2O3. The summed E-state index contributed by atoms with van der Waals surface area (Å²) in [6.45, 7) is 4.45. The van der Waals surface area contributed by atoms with Gasteiger partial charge in [-0.05, 0) is 37.8 Å². The summed E-state index contributed by atoms with van der Waals surface area (Å²) in [6, 6.07) is 3.62. The molecule has 0 spiro atoms. The Labute approximate surface area is 120 Å². The summed E-state index contributed by atoms with van der Waals surface area (Å²) in [4.78, 5) is 12.1. The van der Waals surface area contributed by atoms with Crippen LogP contribution in [0.25, 0.3) is 0 Å². The van der Waals surface area contributed by atoms with Crippen LogP contribution in [-0.2, 0) is 4.74 Å². The molecule has 2 amide bonds. The van der Waals surface area contributed by atoms with Gasteiger partial charge in [0.1, 0.15) is 17.6 Å². The first kappa shape index (κ1) is 14.9. The van der Waals surface area contributed by atoms with Crippen LogP contribution in [0.1, 0.15) is 43.7 Å². The first-order valence-electron chi connectivity index (χ1n) is 7.22. The molecule has 0 aromatic carbocycles. The molecule has 1 heterocycles. The molecule has 1 saturated carbocycles. The fraction of sp³-hybridized carbons (Fsp3) is 0.667. The summed E-state index contributed by atoms with van der Waals surface area (Å²) in [5.41, 5.74) is 0. The zero-order chi connectivity index (χ0) is 14.5. The van der Waals surface area contributed by atoms with Crippen LogP contribution in [0.15, 0.2) is 16.5 Å². The van der Waals surface area contributed by atoms with E-state index in [1.54, 1.807) is 7.11 Å². The van der Waals surface area contributed by atoms with Gasteiger partial charge >= 0.3 is 6.03 Å². The molecule has 0 unspecified atom stereocenters. The topological polar surface area (TPSA) is 63.5 Å². The van der Waals surface area contributed by atoms with Crippen LogP contribution in [0, 0.1) is 12.8 Å². The van der Waals surface area contributed by atoms with Crippen LogP contribution in [-0.4, -0.2) is 25.8 Å². The fourth-order valence-electron chi connectivity index (χ4n) is 2.73. The molecular weight excluding hydrogens is 256 g/mol. The molecule has 5 heteroatoms. The number of carbonyl (C=O) groups is 1. The summed E-state index contributed by atoms with van der Waals surface area (Å²) in [6.07, 6.45) is 3.43. The van der Waals surface area contributed by atoms with Gasteiger partial charge in [-0.1, -0.05) is 13.3 Å². The Morgan fingerprint density at radius 2 is 2.30 bits per heavy atom. The fourth-order valence-corrected chi connectivity index (χ4v) is 2.73. The van der Waals surface area contributed by atoms with Crippen LogP contribution in [0.5, 0.6) is 0 Å². The van der Waals surface area contributed by atoms with Crippen LogP contribution in [0.3, 0.4) is 0 Å².